The van der Waals surface area contributed by atoms with Gasteiger partial charge in [-0.1, -0.05) is 12.1 Å². The van der Waals surface area contributed by atoms with Crippen LogP contribution in [0, 0.1) is 5.82 Å². The Hall–Kier alpha value is -2.03. The smallest absolute Gasteiger partial charge is 0.241 e. The van der Waals surface area contributed by atoms with Crippen molar-refractivity contribution < 1.29 is 17.2 Å². The first-order valence-electron chi connectivity index (χ1n) is 6.28. The summed E-state index contributed by atoms with van der Waals surface area (Å²) in [4.78, 5) is 4.94. The van der Waals surface area contributed by atoms with Gasteiger partial charge in [-0.25, -0.2) is 22.5 Å². The Labute approximate surface area is 130 Å². The van der Waals surface area contributed by atoms with E-state index in [4.69, 9.17) is 4.42 Å². The zero-order valence-electron chi connectivity index (χ0n) is 11.2. The Morgan fingerprint density at radius 2 is 2.14 bits per heavy atom. The predicted octanol–water partition coefficient (Wildman–Crippen LogP) is 3.02. The largest absolute Gasteiger partial charge is 0.444 e. The van der Waals surface area contributed by atoms with E-state index in [1.807, 2.05) is 17.5 Å². The highest BCUT2D eigenvalue weighted by molar-refractivity contribution is 7.89. The lowest BCUT2D eigenvalue weighted by Crippen LogP contribution is -2.23. The number of benzene rings is 1. The third-order valence-electron chi connectivity index (χ3n) is 2.83. The predicted molar refractivity (Wildman–Crippen MR) is 80.2 cm³/mol. The van der Waals surface area contributed by atoms with Gasteiger partial charge in [-0.2, -0.15) is 0 Å². The Balaban J connectivity index is 1.72. The summed E-state index contributed by atoms with van der Waals surface area (Å²) in [6, 6.07) is 8.54. The highest BCUT2D eigenvalue weighted by Crippen LogP contribution is 2.23. The molecule has 0 aliphatic carbocycles. The molecule has 0 radical (unpaired) electrons. The highest BCUT2D eigenvalue weighted by Gasteiger charge is 2.16. The molecule has 22 heavy (non-hydrogen) atoms. The minimum absolute atomic E-state index is 0.0340. The Bertz CT molecular complexity index is 873. The van der Waals surface area contributed by atoms with E-state index in [1.165, 1.54) is 35.8 Å². The normalized spacial score (nSPS) is 11.7. The van der Waals surface area contributed by atoms with Gasteiger partial charge in [0.25, 0.3) is 0 Å². The molecule has 0 atom stereocenters. The SMILES string of the molecule is O=S(=O)(NCc1coc(-c2cccs2)n1)c1cccc(F)c1. The fourth-order valence-electron chi connectivity index (χ4n) is 1.79. The number of thiophene rings is 1. The van der Waals surface area contributed by atoms with Crippen LogP contribution >= 0.6 is 11.3 Å². The van der Waals surface area contributed by atoms with E-state index >= 15 is 0 Å². The van der Waals surface area contributed by atoms with Gasteiger partial charge >= 0.3 is 0 Å². The number of hydrogen-bond acceptors (Lipinski definition) is 5. The van der Waals surface area contributed by atoms with Crippen LogP contribution in [0.2, 0.25) is 0 Å². The van der Waals surface area contributed by atoms with Crippen LogP contribution in [-0.2, 0) is 16.6 Å². The zero-order chi connectivity index (χ0) is 15.6. The number of rotatable bonds is 5. The second-order valence-electron chi connectivity index (χ2n) is 4.40. The average molecular weight is 338 g/mol. The monoisotopic (exact) mass is 338 g/mol. The third kappa shape index (κ3) is 3.24. The molecule has 0 fully saturated rings. The van der Waals surface area contributed by atoms with Crippen LogP contribution in [0.5, 0.6) is 0 Å². The maximum atomic E-state index is 13.1. The van der Waals surface area contributed by atoms with Gasteiger partial charge in [-0.05, 0) is 29.6 Å². The molecule has 0 amide bonds. The minimum atomic E-state index is -3.79. The molecule has 1 aromatic carbocycles. The maximum absolute atomic E-state index is 13.1. The fourth-order valence-corrected chi connectivity index (χ4v) is 3.47. The molecule has 1 N–H and O–H groups in total. The van der Waals surface area contributed by atoms with Gasteiger partial charge < -0.3 is 4.42 Å². The van der Waals surface area contributed by atoms with Crippen LogP contribution in [0.3, 0.4) is 0 Å². The second-order valence-corrected chi connectivity index (χ2v) is 7.12. The van der Waals surface area contributed by atoms with E-state index in [9.17, 15) is 12.8 Å². The number of halogens is 1. The molecule has 0 saturated heterocycles. The number of hydrogen-bond donors (Lipinski definition) is 1. The van der Waals surface area contributed by atoms with Crippen LogP contribution in [0.15, 0.2) is 57.4 Å². The molecule has 0 spiro atoms. The molecule has 3 aromatic rings. The lowest BCUT2D eigenvalue weighted by Gasteiger charge is -2.04. The first kappa shape index (κ1) is 14.9. The summed E-state index contributed by atoms with van der Waals surface area (Å²) in [5.41, 5.74) is 0.448. The van der Waals surface area contributed by atoms with E-state index in [-0.39, 0.29) is 11.4 Å². The topological polar surface area (TPSA) is 72.2 Å². The average Bonchev–Trinajstić information content (AvgIpc) is 3.16. The fraction of sp³-hybridized carbons (Fsp3) is 0.0714. The van der Waals surface area contributed by atoms with Crippen molar-refractivity contribution in [2.24, 2.45) is 0 Å². The molecule has 0 unspecified atom stereocenters. The first-order valence-corrected chi connectivity index (χ1v) is 8.64. The Morgan fingerprint density at radius 1 is 1.27 bits per heavy atom. The first-order chi connectivity index (χ1) is 10.5. The van der Waals surface area contributed by atoms with Crippen molar-refractivity contribution >= 4 is 21.4 Å². The van der Waals surface area contributed by atoms with E-state index in [2.05, 4.69) is 9.71 Å². The molecule has 0 bridgehead atoms. The van der Waals surface area contributed by atoms with E-state index in [0.29, 0.717) is 11.6 Å². The summed E-state index contributed by atoms with van der Waals surface area (Å²) >= 11 is 1.47. The number of sulfonamides is 1. The zero-order valence-corrected chi connectivity index (χ0v) is 12.8. The Morgan fingerprint density at radius 3 is 2.86 bits per heavy atom. The lowest BCUT2D eigenvalue weighted by molar-refractivity contribution is 0.569. The number of oxazole rings is 1. The van der Waals surface area contributed by atoms with Crippen molar-refractivity contribution in [2.45, 2.75) is 11.4 Å². The lowest BCUT2D eigenvalue weighted by atomic mass is 10.4. The number of aromatic nitrogens is 1. The molecule has 8 heteroatoms. The van der Waals surface area contributed by atoms with Gasteiger partial charge in [-0.15, -0.1) is 11.3 Å². The molecule has 0 aliphatic rings. The molecular formula is C14H11FN2O3S2. The maximum Gasteiger partial charge on any atom is 0.241 e. The van der Waals surface area contributed by atoms with Crippen LogP contribution in [0.4, 0.5) is 4.39 Å². The molecule has 0 saturated carbocycles. The van der Waals surface area contributed by atoms with Gasteiger partial charge in [0, 0.05) is 0 Å². The van der Waals surface area contributed by atoms with Crippen LogP contribution in [0.1, 0.15) is 5.69 Å². The van der Waals surface area contributed by atoms with E-state index in [1.54, 1.807) is 0 Å². The van der Waals surface area contributed by atoms with Crippen molar-refractivity contribution in [2.75, 3.05) is 0 Å². The Kier molecular flexibility index (Phi) is 4.06. The summed E-state index contributed by atoms with van der Waals surface area (Å²) in [7, 11) is -3.79. The summed E-state index contributed by atoms with van der Waals surface area (Å²) in [5.74, 6) is -0.167. The van der Waals surface area contributed by atoms with Crippen molar-refractivity contribution in [1.82, 2.24) is 9.71 Å². The van der Waals surface area contributed by atoms with Crippen LogP contribution < -0.4 is 4.72 Å². The van der Waals surface area contributed by atoms with Crippen molar-refractivity contribution in [3.63, 3.8) is 0 Å². The molecule has 2 aromatic heterocycles. The van der Waals surface area contributed by atoms with E-state index in [0.717, 1.165) is 10.9 Å². The van der Waals surface area contributed by atoms with E-state index < -0.39 is 15.8 Å². The van der Waals surface area contributed by atoms with Gasteiger partial charge in [0.2, 0.25) is 15.9 Å². The van der Waals surface area contributed by atoms with Gasteiger partial charge in [0.15, 0.2) is 0 Å². The van der Waals surface area contributed by atoms with Crippen molar-refractivity contribution in [3.8, 4) is 10.8 Å². The standard InChI is InChI=1S/C14H11FN2O3S2/c15-10-3-1-4-12(7-10)22(18,19)16-8-11-9-20-14(17-11)13-5-2-6-21-13/h1-7,9,16H,8H2. The van der Waals surface area contributed by atoms with Crippen LogP contribution in [-0.4, -0.2) is 13.4 Å². The number of nitrogens with zero attached hydrogens (tertiary/aromatic N) is 1. The summed E-state index contributed by atoms with van der Waals surface area (Å²) in [6.07, 6.45) is 1.39. The number of nitrogens with one attached hydrogen (secondary N) is 1. The molecule has 114 valence electrons. The highest BCUT2D eigenvalue weighted by atomic mass is 32.2. The minimum Gasteiger partial charge on any atom is -0.444 e. The van der Waals surface area contributed by atoms with Gasteiger partial charge in [0.05, 0.1) is 22.0 Å². The van der Waals surface area contributed by atoms with Gasteiger partial charge in [0.1, 0.15) is 12.1 Å². The molecule has 0 aliphatic heterocycles. The summed E-state index contributed by atoms with van der Waals surface area (Å²) < 4.78 is 44.9. The van der Waals surface area contributed by atoms with Crippen LogP contribution in [0.25, 0.3) is 10.8 Å². The molecule has 5 nitrogen and oxygen atoms in total. The molecule has 2 heterocycles. The molecule has 3 rings (SSSR count). The molecular weight excluding hydrogens is 327 g/mol. The second kappa shape index (κ2) is 5.99. The van der Waals surface area contributed by atoms with Crippen molar-refractivity contribution in [3.05, 3.63) is 59.6 Å². The quantitative estimate of drug-likeness (QED) is 0.776. The van der Waals surface area contributed by atoms with Crippen molar-refractivity contribution in [1.29, 1.82) is 0 Å². The summed E-state index contributed by atoms with van der Waals surface area (Å²) in [5, 5.41) is 1.89. The summed E-state index contributed by atoms with van der Waals surface area (Å²) in [6.45, 7) is -0.0340. The van der Waals surface area contributed by atoms with Gasteiger partial charge in [-0.3, -0.25) is 0 Å². The third-order valence-corrected chi connectivity index (χ3v) is 5.09.